The number of carbonyl (C=O) groups is 2. The van der Waals surface area contributed by atoms with Crippen molar-refractivity contribution in [1.29, 1.82) is 0 Å². The van der Waals surface area contributed by atoms with Crippen LogP contribution in [0, 0.1) is 0 Å². The number of benzene rings is 2. The fourth-order valence-electron chi connectivity index (χ4n) is 1.72. The molecule has 2 aromatic carbocycles. The molecule has 0 aliphatic carbocycles. The zero-order valence-corrected chi connectivity index (χ0v) is 13.1. The second-order valence-corrected chi connectivity index (χ2v) is 5.06. The lowest BCUT2D eigenvalue weighted by Crippen LogP contribution is -2.21. The van der Waals surface area contributed by atoms with Crippen molar-refractivity contribution in [2.45, 2.75) is 6.42 Å². The first kappa shape index (κ1) is 16.8. The summed E-state index contributed by atoms with van der Waals surface area (Å²) in [6.45, 7) is -0.144. The van der Waals surface area contributed by atoms with E-state index < -0.39 is 11.9 Å². The lowest BCUT2D eigenvalue weighted by molar-refractivity contribution is -0.147. The monoisotopic (exact) mass is 333 g/mol. The molecule has 1 amide bonds. The molecule has 0 saturated heterocycles. The summed E-state index contributed by atoms with van der Waals surface area (Å²) in [5.41, 5.74) is 0.586. The van der Waals surface area contributed by atoms with Crippen molar-refractivity contribution in [2.24, 2.45) is 0 Å². The summed E-state index contributed by atoms with van der Waals surface area (Å²) < 4.78 is 10.3. The average molecular weight is 334 g/mol. The lowest BCUT2D eigenvalue weighted by atomic mass is 10.3. The van der Waals surface area contributed by atoms with Gasteiger partial charge in [0.25, 0.3) is 5.91 Å². The highest BCUT2D eigenvalue weighted by Gasteiger charge is 2.08. The van der Waals surface area contributed by atoms with E-state index in [1.54, 1.807) is 36.4 Å². The van der Waals surface area contributed by atoms with Crippen LogP contribution in [0.3, 0.4) is 0 Å². The molecule has 0 aliphatic rings. The number of para-hydroxylation sites is 1. The molecule has 5 nitrogen and oxygen atoms in total. The molecule has 0 radical (unpaired) electrons. The lowest BCUT2D eigenvalue weighted by Gasteiger charge is -2.07. The predicted octanol–water partition coefficient (Wildman–Crippen LogP) is 3.29. The van der Waals surface area contributed by atoms with Gasteiger partial charge in [-0.05, 0) is 36.4 Å². The van der Waals surface area contributed by atoms with Crippen LogP contribution in [-0.2, 0) is 14.3 Å². The Labute approximate surface area is 139 Å². The Morgan fingerprint density at radius 2 is 1.70 bits per heavy atom. The second kappa shape index (κ2) is 8.80. The van der Waals surface area contributed by atoms with Crippen molar-refractivity contribution in [2.75, 3.05) is 18.5 Å². The number of hydrogen-bond donors (Lipinski definition) is 1. The summed E-state index contributed by atoms with van der Waals surface area (Å²) in [4.78, 5) is 23.2. The Bertz CT molecular complexity index is 643. The van der Waals surface area contributed by atoms with Crippen LogP contribution < -0.4 is 10.1 Å². The van der Waals surface area contributed by atoms with Gasteiger partial charge in [0, 0.05) is 10.7 Å². The highest BCUT2D eigenvalue weighted by atomic mass is 35.5. The van der Waals surface area contributed by atoms with Crippen LogP contribution in [0.25, 0.3) is 0 Å². The van der Waals surface area contributed by atoms with Crippen molar-refractivity contribution in [3.05, 3.63) is 59.6 Å². The maximum atomic E-state index is 11.6. The van der Waals surface area contributed by atoms with Gasteiger partial charge in [0.05, 0.1) is 13.0 Å². The first-order valence-electron chi connectivity index (χ1n) is 7.02. The van der Waals surface area contributed by atoms with Gasteiger partial charge in [0.1, 0.15) is 5.75 Å². The normalized spacial score (nSPS) is 9.96. The van der Waals surface area contributed by atoms with E-state index in [1.165, 1.54) is 0 Å². The molecule has 0 bridgehead atoms. The van der Waals surface area contributed by atoms with Gasteiger partial charge in [0.15, 0.2) is 6.61 Å². The molecule has 0 unspecified atom stereocenters. The number of amides is 1. The maximum Gasteiger partial charge on any atom is 0.309 e. The first-order chi connectivity index (χ1) is 11.1. The van der Waals surface area contributed by atoms with Gasteiger partial charge in [-0.25, -0.2) is 0 Å². The zero-order chi connectivity index (χ0) is 16.5. The molecule has 0 fully saturated rings. The number of carbonyl (C=O) groups excluding carboxylic acids is 2. The molecular weight excluding hydrogens is 318 g/mol. The maximum absolute atomic E-state index is 11.6. The molecule has 0 aliphatic heterocycles. The SMILES string of the molecule is O=C(COC(=O)CCOc1ccccc1)Nc1ccc(Cl)cc1. The van der Waals surface area contributed by atoms with Gasteiger partial charge >= 0.3 is 5.97 Å². The fraction of sp³-hybridized carbons (Fsp3) is 0.176. The molecule has 0 atom stereocenters. The van der Waals surface area contributed by atoms with Crippen LogP contribution in [0.2, 0.25) is 5.02 Å². The zero-order valence-electron chi connectivity index (χ0n) is 12.3. The van der Waals surface area contributed by atoms with Crippen LogP contribution in [0.4, 0.5) is 5.69 Å². The van der Waals surface area contributed by atoms with E-state index in [9.17, 15) is 9.59 Å². The Morgan fingerprint density at radius 1 is 1.00 bits per heavy atom. The van der Waals surface area contributed by atoms with Crippen LogP contribution in [0.5, 0.6) is 5.75 Å². The molecule has 2 rings (SSSR count). The summed E-state index contributed by atoms with van der Waals surface area (Å²) >= 11 is 5.75. The fourth-order valence-corrected chi connectivity index (χ4v) is 1.84. The smallest absolute Gasteiger partial charge is 0.309 e. The highest BCUT2D eigenvalue weighted by Crippen LogP contribution is 2.13. The van der Waals surface area contributed by atoms with Gasteiger partial charge in [0.2, 0.25) is 0 Å². The molecule has 0 aromatic heterocycles. The topological polar surface area (TPSA) is 64.6 Å². The van der Waals surface area contributed by atoms with Gasteiger partial charge in [-0.3, -0.25) is 9.59 Å². The predicted molar refractivity (Wildman–Crippen MR) is 87.6 cm³/mol. The van der Waals surface area contributed by atoms with E-state index >= 15 is 0 Å². The van der Waals surface area contributed by atoms with Crippen molar-refractivity contribution in [1.82, 2.24) is 0 Å². The van der Waals surface area contributed by atoms with Crippen LogP contribution in [0.15, 0.2) is 54.6 Å². The number of ether oxygens (including phenoxy) is 2. The average Bonchev–Trinajstić information content (AvgIpc) is 2.56. The number of hydrogen-bond acceptors (Lipinski definition) is 4. The van der Waals surface area contributed by atoms with Crippen LogP contribution in [0.1, 0.15) is 6.42 Å². The van der Waals surface area contributed by atoms with Crippen LogP contribution in [-0.4, -0.2) is 25.1 Å². The summed E-state index contributed by atoms with van der Waals surface area (Å²) in [7, 11) is 0. The third-order valence-electron chi connectivity index (χ3n) is 2.81. The van der Waals surface area contributed by atoms with Crippen molar-refractivity contribution >= 4 is 29.2 Å². The minimum Gasteiger partial charge on any atom is -0.493 e. The van der Waals surface area contributed by atoms with Crippen LogP contribution >= 0.6 is 11.6 Å². The molecule has 0 spiro atoms. The number of halogens is 1. The largest absolute Gasteiger partial charge is 0.493 e. The minimum absolute atomic E-state index is 0.0725. The summed E-state index contributed by atoms with van der Waals surface area (Å²) in [6, 6.07) is 15.8. The number of rotatable bonds is 7. The van der Waals surface area contributed by atoms with Crippen molar-refractivity contribution < 1.29 is 19.1 Å². The van der Waals surface area contributed by atoms with Crippen molar-refractivity contribution in [3.63, 3.8) is 0 Å². The Morgan fingerprint density at radius 3 is 2.39 bits per heavy atom. The number of nitrogens with one attached hydrogen (secondary N) is 1. The molecule has 6 heteroatoms. The highest BCUT2D eigenvalue weighted by molar-refractivity contribution is 6.30. The summed E-state index contributed by atoms with van der Waals surface area (Å²) in [6.07, 6.45) is 0.0725. The molecule has 0 saturated carbocycles. The van der Waals surface area contributed by atoms with Gasteiger partial charge in [-0.15, -0.1) is 0 Å². The van der Waals surface area contributed by atoms with E-state index in [0.29, 0.717) is 16.5 Å². The van der Waals surface area contributed by atoms with Crippen molar-refractivity contribution in [3.8, 4) is 5.75 Å². The quantitative estimate of drug-likeness (QED) is 0.790. The van der Waals surface area contributed by atoms with E-state index in [0.717, 1.165) is 0 Å². The standard InChI is InChI=1S/C17H16ClNO4/c18-13-6-8-14(9-7-13)19-16(20)12-23-17(21)10-11-22-15-4-2-1-3-5-15/h1-9H,10-12H2,(H,19,20). The summed E-state index contributed by atoms with van der Waals surface area (Å²) in [5, 5.41) is 3.18. The molecular formula is C17H16ClNO4. The molecule has 23 heavy (non-hydrogen) atoms. The van der Waals surface area contributed by atoms with E-state index in [2.05, 4.69) is 5.32 Å². The number of anilines is 1. The molecule has 1 N–H and O–H groups in total. The Balaban J connectivity index is 1.63. The van der Waals surface area contributed by atoms with Gasteiger partial charge in [-0.2, -0.15) is 0 Å². The van der Waals surface area contributed by atoms with E-state index in [4.69, 9.17) is 21.1 Å². The third-order valence-corrected chi connectivity index (χ3v) is 3.06. The minimum atomic E-state index is -0.493. The van der Waals surface area contributed by atoms with Gasteiger partial charge in [-0.1, -0.05) is 29.8 Å². The Kier molecular flexibility index (Phi) is 6.44. The Hall–Kier alpha value is -2.53. The first-order valence-corrected chi connectivity index (χ1v) is 7.40. The number of esters is 1. The second-order valence-electron chi connectivity index (χ2n) is 4.63. The van der Waals surface area contributed by atoms with E-state index in [1.807, 2.05) is 18.2 Å². The van der Waals surface area contributed by atoms with E-state index in [-0.39, 0.29) is 19.6 Å². The van der Waals surface area contributed by atoms with Gasteiger partial charge < -0.3 is 14.8 Å². The molecule has 0 heterocycles. The summed E-state index contributed by atoms with van der Waals surface area (Å²) in [5.74, 6) is -0.224. The molecule has 120 valence electrons. The molecule has 2 aromatic rings. The third kappa shape index (κ3) is 6.40.